The minimum Gasteiger partial charge on any atom is -0.348 e. The van der Waals surface area contributed by atoms with Crippen molar-refractivity contribution in [2.75, 3.05) is 6.54 Å². The summed E-state index contributed by atoms with van der Waals surface area (Å²) in [5.74, 6) is -0.118. The second-order valence-corrected chi connectivity index (χ2v) is 7.33. The SMILES string of the molecule is C[C@@H]1CCCCN1C1=NC(=O)/C(=C\c2cccc(Br)c2)S1. The van der Waals surface area contributed by atoms with E-state index in [-0.39, 0.29) is 5.91 Å². The minimum absolute atomic E-state index is 0.118. The number of amidine groups is 1. The molecule has 1 aromatic carbocycles. The molecule has 0 bridgehead atoms. The Kier molecular flexibility index (Phi) is 4.50. The number of carbonyl (C=O) groups excluding carboxylic acids is 1. The molecule has 0 aromatic heterocycles. The van der Waals surface area contributed by atoms with Crippen molar-refractivity contribution in [3.05, 3.63) is 39.2 Å². The maximum absolute atomic E-state index is 12.1. The van der Waals surface area contributed by atoms with Crippen molar-refractivity contribution >= 4 is 44.8 Å². The van der Waals surface area contributed by atoms with Gasteiger partial charge in [-0.05, 0) is 61.7 Å². The van der Waals surface area contributed by atoms with Gasteiger partial charge >= 0.3 is 0 Å². The van der Waals surface area contributed by atoms with Gasteiger partial charge in [0.25, 0.3) is 5.91 Å². The highest BCUT2D eigenvalue weighted by Crippen LogP contribution is 2.33. The average molecular weight is 365 g/mol. The summed E-state index contributed by atoms with van der Waals surface area (Å²) in [6, 6.07) is 8.41. The van der Waals surface area contributed by atoms with Gasteiger partial charge in [-0.1, -0.05) is 28.1 Å². The Morgan fingerprint density at radius 3 is 3.05 bits per heavy atom. The quantitative estimate of drug-likeness (QED) is 0.696. The predicted molar refractivity (Wildman–Crippen MR) is 92.2 cm³/mol. The van der Waals surface area contributed by atoms with Gasteiger partial charge in [-0.15, -0.1) is 0 Å². The van der Waals surface area contributed by atoms with E-state index in [0.29, 0.717) is 10.9 Å². The molecule has 0 aliphatic carbocycles. The lowest BCUT2D eigenvalue weighted by molar-refractivity contribution is -0.113. The fourth-order valence-electron chi connectivity index (χ4n) is 2.65. The van der Waals surface area contributed by atoms with Crippen LogP contribution in [0.3, 0.4) is 0 Å². The molecule has 110 valence electrons. The molecule has 1 atom stereocenters. The molecule has 21 heavy (non-hydrogen) atoms. The number of likely N-dealkylation sites (tertiary alicyclic amines) is 1. The zero-order valence-corrected chi connectivity index (χ0v) is 14.3. The number of thioether (sulfide) groups is 1. The van der Waals surface area contributed by atoms with Gasteiger partial charge in [0.15, 0.2) is 5.17 Å². The molecule has 1 fully saturated rings. The topological polar surface area (TPSA) is 32.7 Å². The summed E-state index contributed by atoms with van der Waals surface area (Å²) in [6.45, 7) is 3.22. The van der Waals surface area contributed by atoms with Crippen LogP contribution in [0, 0.1) is 0 Å². The van der Waals surface area contributed by atoms with E-state index in [9.17, 15) is 4.79 Å². The third kappa shape index (κ3) is 3.40. The molecule has 5 heteroatoms. The molecule has 0 spiro atoms. The smallest absolute Gasteiger partial charge is 0.286 e. The number of hydrogen-bond donors (Lipinski definition) is 0. The molecule has 0 unspecified atom stereocenters. The maximum atomic E-state index is 12.1. The van der Waals surface area contributed by atoms with Crippen LogP contribution in [-0.2, 0) is 4.79 Å². The molecule has 2 heterocycles. The molecule has 2 aliphatic heterocycles. The van der Waals surface area contributed by atoms with Crippen molar-refractivity contribution < 1.29 is 4.79 Å². The molecule has 3 rings (SSSR count). The Morgan fingerprint density at radius 2 is 2.29 bits per heavy atom. The minimum atomic E-state index is -0.118. The van der Waals surface area contributed by atoms with Crippen LogP contribution < -0.4 is 0 Å². The lowest BCUT2D eigenvalue weighted by Crippen LogP contribution is -2.40. The van der Waals surface area contributed by atoms with E-state index >= 15 is 0 Å². The highest BCUT2D eigenvalue weighted by atomic mass is 79.9. The lowest BCUT2D eigenvalue weighted by atomic mass is 10.1. The van der Waals surface area contributed by atoms with Crippen LogP contribution in [0.15, 0.2) is 38.6 Å². The van der Waals surface area contributed by atoms with Crippen molar-refractivity contribution in [1.82, 2.24) is 4.90 Å². The number of aliphatic imine (C=N–C) groups is 1. The maximum Gasteiger partial charge on any atom is 0.286 e. The van der Waals surface area contributed by atoms with Gasteiger partial charge < -0.3 is 4.90 Å². The van der Waals surface area contributed by atoms with Gasteiger partial charge in [0.2, 0.25) is 0 Å². The first-order chi connectivity index (χ1) is 10.1. The Bertz CT molecular complexity index is 626. The van der Waals surface area contributed by atoms with E-state index in [1.54, 1.807) is 0 Å². The molecular weight excluding hydrogens is 348 g/mol. The van der Waals surface area contributed by atoms with Crippen molar-refractivity contribution in [3.8, 4) is 0 Å². The van der Waals surface area contributed by atoms with Gasteiger partial charge in [0.1, 0.15) is 0 Å². The van der Waals surface area contributed by atoms with Crippen LogP contribution in [0.5, 0.6) is 0 Å². The van der Waals surface area contributed by atoms with Crippen molar-refractivity contribution in [3.63, 3.8) is 0 Å². The Labute approximate surface area is 137 Å². The summed E-state index contributed by atoms with van der Waals surface area (Å²) < 4.78 is 1.01. The van der Waals surface area contributed by atoms with E-state index < -0.39 is 0 Å². The first kappa shape index (κ1) is 14.9. The van der Waals surface area contributed by atoms with E-state index in [1.165, 1.54) is 31.0 Å². The summed E-state index contributed by atoms with van der Waals surface area (Å²) in [5.41, 5.74) is 1.02. The molecule has 1 aromatic rings. The van der Waals surface area contributed by atoms with Crippen LogP contribution in [0.4, 0.5) is 0 Å². The van der Waals surface area contributed by atoms with Crippen LogP contribution in [0.2, 0.25) is 0 Å². The average Bonchev–Trinajstić information content (AvgIpc) is 2.80. The number of hydrogen-bond acceptors (Lipinski definition) is 3. The highest BCUT2D eigenvalue weighted by molar-refractivity contribution is 9.10. The molecule has 2 aliphatic rings. The summed E-state index contributed by atoms with van der Waals surface area (Å²) in [4.78, 5) is 19.3. The molecule has 3 nitrogen and oxygen atoms in total. The molecule has 0 radical (unpaired) electrons. The summed E-state index contributed by atoms with van der Waals surface area (Å²) in [7, 11) is 0. The van der Waals surface area contributed by atoms with Crippen molar-refractivity contribution in [2.24, 2.45) is 4.99 Å². The highest BCUT2D eigenvalue weighted by Gasteiger charge is 2.29. The van der Waals surface area contributed by atoms with Crippen LogP contribution in [0.25, 0.3) is 6.08 Å². The van der Waals surface area contributed by atoms with Gasteiger partial charge in [-0.3, -0.25) is 4.79 Å². The number of benzene rings is 1. The molecule has 0 saturated carbocycles. The number of amides is 1. The number of piperidine rings is 1. The van der Waals surface area contributed by atoms with Crippen molar-refractivity contribution in [2.45, 2.75) is 32.2 Å². The fourth-order valence-corrected chi connectivity index (χ4v) is 4.11. The van der Waals surface area contributed by atoms with Gasteiger partial charge in [-0.25, -0.2) is 0 Å². The van der Waals surface area contributed by atoms with Crippen LogP contribution >= 0.6 is 27.7 Å². The van der Waals surface area contributed by atoms with Gasteiger partial charge in [-0.2, -0.15) is 4.99 Å². The first-order valence-electron chi connectivity index (χ1n) is 7.18. The zero-order valence-electron chi connectivity index (χ0n) is 11.9. The summed E-state index contributed by atoms with van der Waals surface area (Å²) >= 11 is 4.95. The predicted octanol–water partition coefficient (Wildman–Crippen LogP) is 4.29. The van der Waals surface area contributed by atoms with Gasteiger partial charge in [0, 0.05) is 17.1 Å². The van der Waals surface area contributed by atoms with E-state index in [4.69, 9.17) is 0 Å². The van der Waals surface area contributed by atoms with Gasteiger partial charge in [0.05, 0.1) is 4.91 Å². The largest absolute Gasteiger partial charge is 0.348 e. The van der Waals surface area contributed by atoms with E-state index in [1.807, 2.05) is 30.3 Å². The summed E-state index contributed by atoms with van der Waals surface area (Å²) in [6.07, 6.45) is 5.55. The van der Waals surface area contributed by atoms with Crippen LogP contribution in [0.1, 0.15) is 31.7 Å². The second kappa shape index (κ2) is 6.36. The van der Waals surface area contributed by atoms with E-state index in [2.05, 4.69) is 32.7 Å². The molecule has 0 N–H and O–H groups in total. The number of rotatable bonds is 1. The zero-order chi connectivity index (χ0) is 14.8. The third-order valence-corrected chi connectivity index (χ3v) is 5.32. The number of halogens is 1. The second-order valence-electron chi connectivity index (χ2n) is 5.40. The molecule has 1 amide bonds. The van der Waals surface area contributed by atoms with Crippen LogP contribution in [-0.4, -0.2) is 28.6 Å². The van der Waals surface area contributed by atoms with E-state index in [0.717, 1.165) is 21.7 Å². The molecule has 1 saturated heterocycles. The molecular formula is C16H17BrN2OS. The lowest BCUT2D eigenvalue weighted by Gasteiger charge is -2.34. The van der Waals surface area contributed by atoms with Crippen molar-refractivity contribution in [1.29, 1.82) is 0 Å². The first-order valence-corrected chi connectivity index (χ1v) is 8.79. The Hall–Kier alpha value is -1.07. The Morgan fingerprint density at radius 1 is 1.43 bits per heavy atom. The standard InChI is InChI=1S/C16H17BrN2OS/c1-11-5-2-3-8-19(11)16-18-15(20)14(21-16)10-12-6-4-7-13(17)9-12/h4,6-7,9-11H,2-3,5,8H2,1H3/b14-10+/t11-/m1/s1. The Balaban J connectivity index is 1.78. The monoisotopic (exact) mass is 364 g/mol. The summed E-state index contributed by atoms with van der Waals surface area (Å²) in [5, 5.41) is 0.869. The third-order valence-electron chi connectivity index (χ3n) is 3.80. The number of nitrogens with zero attached hydrogens (tertiary/aromatic N) is 2. The number of carbonyl (C=O) groups is 1. The fraction of sp³-hybridized carbons (Fsp3) is 0.375. The normalized spacial score (nSPS) is 24.6.